The van der Waals surface area contributed by atoms with E-state index in [1.165, 1.54) is 6.20 Å². The Bertz CT molecular complexity index is 446. The molecule has 0 radical (unpaired) electrons. The SMILES string of the molecule is CCCCSc1nc(Cl)ncc1C(=O)NC(C)(C)C. The molecule has 0 aliphatic heterocycles. The van der Waals surface area contributed by atoms with E-state index in [1.54, 1.807) is 11.8 Å². The van der Waals surface area contributed by atoms with Gasteiger partial charge in [-0.15, -0.1) is 11.8 Å². The standard InChI is InChI=1S/C13H20ClN3OS/c1-5-6-7-19-11-9(8-15-12(14)16-11)10(18)17-13(2,3)4/h8H,5-7H2,1-4H3,(H,17,18). The molecule has 1 aromatic heterocycles. The molecule has 6 heteroatoms. The van der Waals surface area contributed by atoms with Crippen LogP contribution in [0, 0.1) is 0 Å². The Hall–Kier alpha value is -0.810. The van der Waals surface area contributed by atoms with E-state index in [9.17, 15) is 4.79 Å². The molecule has 1 heterocycles. The lowest BCUT2D eigenvalue weighted by atomic mass is 10.1. The fraction of sp³-hybridized carbons (Fsp3) is 0.615. The highest BCUT2D eigenvalue weighted by atomic mass is 35.5. The molecule has 0 atom stereocenters. The zero-order valence-corrected chi connectivity index (χ0v) is 13.4. The van der Waals surface area contributed by atoms with Gasteiger partial charge in [-0.3, -0.25) is 4.79 Å². The third kappa shape index (κ3) is 5.78. The van der Waals surface area contributed by atoms with Gasteiger partial charge in [-0.05, 0) is 44.5 Å². The summed E-state index contributed by atoms with van der Waals surface area (Å²) < 4.78 is 0. The Balaban J connectivity index is 2.89. The van der Waals surface area contributed by atoms with E-state index in [-0.39, 0.29) is 16.7 Å². The second-order valence-corrected chi connectivity index (χ2v) is 6.69. The minimum absolute atomic E-state index is 0.164. The van der Waals surface area contributed by atoms with E-state index in [1.807, 2.05) is 20.8 Å². The number of carbonyl (C=O) groups is 1. The number of rotatable bonds is 5. The number of unbranched alkanes of at least 4 members (excludes halogenated alkanes) is 1. The second-order valence-electron chi connectivity index (χ2n) is 5.26. The smallest absolute Gasteiger partial charge is 0.256 e. The lowest BCUT2D eigenvalue weighted by Gasteiger charge is -2.21. The number of amides is 1. The molecule has 1 N–H and O–H groups in total. The van der Waals surface area contributed by atoms with Crippen LogP contribution in [-0.4, -0.2) is 27.2 Å². The van der Waals surface area contributed by atoms with Crippen LogP contribution in [0.4, 0.5) is 0 Å². The highest BCUT2D eigenvalue weighted by Crippen LogP contribution is 2.23. The minimum Gasteiger partial charge on any atom is -0.347 e. The molecule has 0 aromatic carbocycles. The maximum atomic E-state index is 12.2. The summed E-state index contributed by atoms with van der Waals surface area (Å²) in [5.74, 6) is 0.753. The van der Waals surface area contributed by atoms with Crippen molar-refractivity contribution < 1.29 is 4.79 Å². The highest BCUT2D eigenvalue weighted by molar-refractivity contribution is 7.99. The van der Waals surface area contributed by atoms with Crippen molar-refractivity contribution in [1.29, 1.82) is 0 Å². The molecular weight excluding hydrogens is 282 g/mol. The lowest BCUT2D eigenvalue weighted by molar-refractivity contribution is 0.0915. The summed E-state index contributed by atoms with van der Waals surface area (Å²) in [6.45, 7) is 7.93. The van der Waals surface area contributed by atoms with E-state index < -0.39 is 0 Å². The number of hydrogen-bond donors (Lipinski definition) is 1. The van der Waals surface area contributed by atoms with Crippen LogP contribution in [0.3, 0.4) is 0 Å². The van der Waals surface area contributed by atoms with Crippen molar-refractivity contribution in [1.82, 2.24) is 15.3 Å². The summed E-state index contributed by atoms with van der Waals surface area (Å²) in [4.78, 5) is 20.2. The van der Waals surface area contributed by atoms with Gasteiger partial charge in [-0.2, -0.15) is 0 Å². The average Bonchev–Trinajstić information content (AvgIpc) is 2.27. The molecule has 4 nitrogen and oxygen atoms in total. The third-order valence-electron chi connectivity index (χ3n) is 2.19. The van der Waals surface area contributed by atoms with Crippen LogP contribution in [0.2, 0.25) is 5.28 Å². The molecule has 1 rings (SSSR count). The fourth-order valence-corrected chi connectivity index (χ4v) is 2.59. The van der Waals surface area contributed by atoms with Crippen molar-refractivity contribution in [2.45, 2.75) is 51.1 Å². The zero-order valence-electron chi connectivity index (χ0n) is 11.8. The first-order chi connectivity index (χ1) is 8.83. The second kappa shape index (κ2) is 7.10. The van der Waals surface area contributed by atoms with Gasteiger partial charge in [0.05, 0.1) is 5.56 Å². The molecule has 0 saturated carbocycles. The molecule has 0 bridgehead atoms. The molecule has 1 aromatic rings. The topological polar surface area (TPSA) is 54.9 Å². The van der Waals surface area contributed by atoms with Crippen LogP contribution in [-0.2, 0) is 0 Å². The molecule has 0 aliphatic carbocycles. The summed E-state index contributed by atoms with van der Waals surface area (Å²) in [5.41, 5.74) is 0.197. The number of aromatic nitrogens is 2. The molecule has 0 unspecified atom stereocenters. The van der Waals surface area contributed by atoms with Gasteiger partial charge in [0.1, 0.15) is 5.03 Å². The van der Waals surface area contributed by atoms with Gasteiger partial charge < -0.3 is 5.32 Å². The Morgan fingerprint density at radius 2 is 2.16 bits per heavy atom. The van der Waals surface area contributed by atoms with Crippen molar-refractivity contribution in [3.8, 4) is 0 Å². The van der Waals surface area contributed by atoms with Crippen LogP contribution < -0.4 is 5.32 Å². The zero-order chi connectivity index (χ0) is 14.5. The fourth-order valence-electron chi connectivity index (χ4n) is 1.33. The molecule has 19 heavy (non-hydrogen) atoms. The summed E-state index contributed by atoms with van der Waals surface area (Å²) in [6.07, 6.45) is 3.67. The minimum atomic E-state index is -0.290. The van der Waals surface area contributed by atoms with Gasteiger partial charge in [0.2, 0.25) is 5.28 Å². The largest absolute Gasteiger partial charge is 0.347 e. The molecular formula is C13H20ClN3OS. The van der Waals surface area contributed by atoms with Crippen molar-refractivity contribution in [3.63, 3.8) is 0 Å². The molecule has 0 saturated heterocycles. The molecule has 1 amide bonds. The number of hydrogen-bond acceptors (Lipinski definition) is 4. The van der Waals surface area contributed by atoms with Gasteiger partial charge in [0.25, 0.3) is 5.91 Å². The van der Waals surface area contributed by atoms with Crippen molar-refractivity contribution in [2.75, 3.05) is 5.75 Å². The van der Waals surface area contributed by atoms with Crippen LogP contribution in [0.5, 0.6) is 0 Å². The molecule has 0 spiro atoms. The summed E-state index contributed by atoms with van der Waals surface area (Å²) in [5, 5.41) is 3.73. The van der Waals surface area contributed by atoms with Crippen molar-refractivity contribution in [2.24, 2.45) is 0 Å². The van der Waals surface area contributed by atoms with Gasteiger partial charge >= 0.3 is 0 Å². The van der Waals surface area contributed by atoms with E-state index >= 15 is 0 Å². The van der Waals surface area contributed by atoms with Gasteiger partial charge in [0.15, 0.2) is 0 Å². The van der Waals surface area contributed by atoms with Crippen LogP contribution in [0.15, 0.2) is 11.2 Å². The molecule has 0 aliphatic rings. The lowest BCUT2D eigenvalue weighted by Crippen LogP contribution is -2.40. The first kappa shape index (κ1) is 16.2. The highest BCUT2D eigenvalue weighted by Gasteiger charge is 2.19. The van der Waals surface area contributed by atoms with Crippen LogP contribution >= 0.6 is 23.4 Å². The maximum Gasteiger partial charge on any atom is 0.256 e. The number of carbonyl (C=O) groups excluding carboxylic acids is 1. The normalized spacial score (nSPS) is 11.4. The summed E-state index contributed by atoms with van der Waals surface area (Å²) in [6, 6.07) is 0. The number of halogens is 1. The first-order valence-corrected chi connectivity index (χ1v) is 7.67. The summed E-state index contributed by atoms with van der Waals surface area (Å²) >= 11 is 7.34. The van der Waals surface area contributed by atoms with Crippen molar-refractivity contribution >= 4 is 29.3 Å². The van der Waals surface area contributed by atoms with Crippen LogP contribution in [0.1, 0.15) is 50.9 Å². The number of nitrogens with one attached hydrogen (secondary N) is 1. The third-order valence-corrected chi connectivity index (χ3v) is 3.45. The van der Waals surface area contributed by atoms with Gasteiger partial charge in [-0.25, -0.2) is 9.97 Å². The molecule has 0 fully saturated rings. The quantitative estimate of drug-likeness (QED) is 0.391. The maximum absolute atomic E-state index is 12.2. The van der Waals surface area contributed by atoms with E-state index in [4.69, 9.17) is 11.6 Å². The Morgan fingerprint density at radius 3 is 2.74 bits per heavy atom. The predicted molar refractivity (Wildman–Crippen MR) is 79.9 cm³/mol. The Kier molecular flexibility index (Phi) is 6.07. The molecule has 106 valence electrons. The van der Waals surface area contributed by atoms with Gasteiger partial charge in [0, 0.05) is 11.7 Å². The van der Waals surface area contributed by atoms with E-state index in [0.29, 0.717) is 10.6 Å². The van der Waals surface area contributed by atoms with Gasteiger partial charge in [-0.1, -0.05) is 13.3 Å². The predicted octanol–water partition coefficient (Wildman–Crippen LogP) is 3.55. The van der Waals surface area contributed by atoms with E-state index in [0.717, 1.165) is 18.6 Å². The number of thioether (sulfide) groups is 1. The Morgan fingerprint density at radius 1 is 1.47 bits per heavy atom. The number of nitrogens with zero attached hydrogens (tertiary/aromatic N) is 2. The Labute approximate surface area is 123 Å². The average molecular weight is 302 g/mol. The van der Waals surface area contributed by atoms with E-state index in [2.05, 4.69) is 22.2 Å². The summed E-state index contributed by atoms with van der Waals surface area (Å²) in [7, 11) is 0. The van der Waals surface area contributed by atoms with Crippen LogP contribution in [0.25, 0.3) is 0 Å². The van der Waals surface area contributed by atoms with Crippen molar-refractivity contribution in [3.05, 3.63) is 17.0 Å². The first-order valence-electron chi connectivity index (χ1n) is 6.31. The monoisotopic (exact) mass is 301 g/mol.